The summed E-state index contributed by atoms with van der Waals surface area (Å²) in [5, 5.41) is 3.65. The van der Waals surface area contributed by atoms with Crippen LogP contribution in [0.4, 0.5) is 5.69 Å². The minimum Gasteiger partial charge on any atom is -0.466 e. The number of H-pyrrole nitrogens is 1. The van der Waals surface area contributed by atoms with Crippen LogP contribution in [0.1, 0.15) is 13.8 Å². The van der Waals surface area contributed by atoms with Gasteiger partial charge in [-0.1, -0.05) is 13.8 Å². The van der Waals surface area contributed by atoms with Crippen LogP contribution in [0.3, 0.4) is 0 Å². The van der Waals surface area contributed by atoms with Gasteiger partial charge in [-0.15, -0.1) is 0 Å². The fourth-order valence-electron chi connectivity index (χ4n) is 1.48. The van der Waals surface area contributed by atoms with Crippen molar-refractivity contribution in [2.75, 3.05) is 11.9 Å². The summed E-state index contributed by atoms with van der Waals surface area (Å²) in [5.74, 6) is 0.328. The summed E-state index contributed by atoms with van der Waals surface area (Å²) >= 11 is 0. The Labute approximate surface area is 92.8 Å². The molecule has 0 saturated heterocycles. The average Bonchev–Trinajstić information content (AvgIpc) is 2.75. The van der Waals surface area contributed by atoms with Gasteiger partial charge in [0.05, 0.1) is 0 Å². The van der Waals surface area contributed by atoms with Gasteiger partial charge in [0.15, 0.2) is 6.61 Å². The number of anilines is 1. The SMILES string of the molecule is CC.O=C1COc2nc3[nH]ccc3cc2N1. The lowest BCUT2D eigenvalue weighted by molar-refractivity contribution is -0.118. The first-order valence-corrected chi connectivity index (χ1v) is 5.24. The Kier molecular flexibility index (Phi) is 2.76. The third-order valence-electron chi connectivity index (χ3n) is 2.11. The number of amides is 1. The Morgan fingerprint density at radius 1 is 1.44 bits per heavy atom. The number of aromatic nitrogens is 2. The minimum absolute atomic E-state index is 0.0339. The van der Waals surface area contributed by atoms with Crippen LogP contribution in [-0.4, -0.2) is 22.5 Å². The molecule has 2 aromatic rings. The molecule has 1 amide bonds. The van der Waals surface area contributed by atoms with Crippen molar-refractivity contribution in [2.24, 2.45) is 0 Å². The van der Waals surface area contributed by atoms with E-state index in [9.17, 15) is 4.79 Å². The van der Waals surface area contributed by atoms with E-state index < -0.39 is 0 Å². The number of nitrogens with one attached hydrogen (secondary N) is 2. The molecule has 0 atom stereocenters. The van der Waals surface area contributed by atoms with Crippen LogP contribution in [0.5, 0.6) is 5.88 Å². The number of hydrogen-bond acceptors (Lipinski definition) is 3. The van der Waals surface area contributed by atoms with Crippen molar-refractivity contribution in [1.82, 2.24) is 9.97 Å². The lowest BCUT2D eigenvalue weighted by Crippen LogP contribution is -2.25. The molecule has 3 rings (SSSR count). The van der Waals surface area contributed by atoms with Gasteiger partial charge < -0.3 is 15.0 Å². The van der Waals surface area contributed by atoms with Gasteiger partial charge in [0, 0.05) is 11.6 Å². The number of ether oxygens (including phenoxy) is 1. The second kappa shape index (κ2) is 4.22. The van der Waals surface area contributed by atoms with E-state index in [1.165, 1.54) is 0 Å². The highest BCUT2D eigenvalue weighted by molar-refractivity contribution is 5.97. The summed E-state index contributed by atoms with van der Waals surface area (Å²) < 4.78 is 5.17. The zero-order chi connectivity index (χ0) is 11.5. The largest absolute Gasteiger partial charge is 0.466 e. The third kappa shape index (κ3) is 1.71. The molecule has 1 aliphatic heterocycles. The minimum atomic E-state index is -0.144. The molecule has 0 unspecified atom stereocenters. The van der Waals surface area contributed by atoms with Crippen LogP contribution in [0.25, 0.3) is 11.0 Å². The van der Waals surface area contributed by atoms with E-state index in [-0.39, 0.29) is 12.5 Å². The average molecular weight is 219 g/mol. The van der Waals surface area contributed by atoms with Crippen LogP contribution in [0.2, 0.25) is 0 Å². The maximum atomic E-state index is 11.0. The van der Waals surface area contributed by atoms with Crippen molar-refractivity contribution >= 4 is 22.6 Å². The number of rotatable bonds is 0. The maximum absolute atomic E-state index is 11.0. The first kappa shape index (κ1) is 10.5. The predicted molar refractivity (Wildman–Crippen MR) is 61.6 cm³/mol. The standard InChI is InChI=1S/C9H7N3O2.C2H6/c13-7-4-14-9-6(11-7)3-5-1-2-10-8(5)12-9;1-2/h1-3H,4H2,(H,10,12)(H,11,13);1-2H3. The van der Waals surface area contributed by atoms with E-state index in [0.717, 1.165) is 11.0 Å². The van der Waals surface area contributed by atoms with Gasteiger partial charge in [-0.05, 0) is 12.1 Å². The Hall–Kier alpha value is -2.04. The van der Waals surface area contributed by atoms with E-state index in [0.29, 0.717) is 11.6 Å². The van der Waals surface area contributed by atoms with Crippen LogP contribution in [-0.2, 0) is 4.79 Å². The molecule has 0 aromatic carbocycles. The van der Waals surface area contributed by atoms with Crippen molar-refractivity contribution in [2.45, 2.75) is 13.8 Å². The molecule has 2 N–H and O–H groups in total. The Morgan fingerprint density at radius 3 is 3.06 bits per heavy atom. The number of aromatic amines is 1. The lowest BCUT2D eigenvalue weighted by Gasteiger charge is -2.16. The quantitative estimate of drug-likeness (QED) is 0.711. The molecular formula is C11H13N3O2. The first-order valence-electron chi connectivity index (χ1n) is 5.24. The smallest absolute Gasteiger partial charge is 0.262 e. The Balaban J connectivity index is 0.000000457. The van der Waals surface area contributed by atoms with E-state index in [1.54, 1.807) is 6.20 Å². The van der Waals surface area contributed by atoms with Crippen LogP contribution in [0.15, 0.2) is 18.3 Å². The molecule has 0 saturated carbocycles. The highest BCUT2D eigenvalue weighted by Crippen LogP contribution is 2.28. The summed E-state index contributed by atoms with van der Waals surface area (Å²) in [6.45, 7) is 4.03. The number of carbonyl (C=O) groups excluding carboxylic acids is 1. The number of carbonyl (C=O) groups is 1. The normalized spacial score (nSPS) is 13.2. The van der Waals surface area contributed by atoms with Gasteiger partial charge in [0.1, 0.15) is 11.3 Å². The molecule has 0 aliphatic carbocycles. The molecule has 3 heterocycles. The van der Waals surface area contributed by atoms with Crippen molar-refractivity contribution < 1.29 is 9.53 Å². The van der Waals surface area contributed by atoms with E-state index in [1.807, 2.05) is 26.0 Å². The molecule has 16 heavy (non-hydrogen) atoms. The molecule has 5 nitrogen and oxygen atoms in total. The Morgan fingerprint density at radius 2 is 2.25 bits per heavy atom. The fourth-order valence-corrected chi connectivity index (χ4v) is 1.48. The van der Waals surface area contributed by atoms with Crippen LogP contribution >= 0.6 is 0 Å². The zero-order valence-corrected chi connectivity index (χ0v) is 9.20. The highest BCUT2D eigenvalue weighted by Gasteiger charge is 2.17. The number of nitrogens with zero attached hydrogens (tertiary/aromatic N) is 1. The van der Waals surface area contributed by atoms with Gasteiger partial charge in [-0.25, -0.2) is 0 Å². The van der Waals surface area contributed by atoms with Crippen molar-refractivity contribution in [3.63, 3.8) is 0 Å². The maximum Gasteiger partial charge on any atom is 0.262 e. The van der Waals surface area contributed by atoms with Gasteiger partial charge >= 0.3 is 0 Å². The van der Waals surface area contributed by atoms with Crippen LogP contribution < -0.4 is 10.1 Å². The third-order valence-corrected chi connectivity index (χ3v) is 2.11. The number of fused-ring (bicyclic) bond motifs is 2. The summed E-state index contributed by atoms with van der Waals surface area (Å²) in [7, 11) is 0. The number of hydrogen-bond donors (Lipinski definition) is 2. The van der Waals surface area contributed by atoms with Crippen molar-refractivity contribution in [3.05, 3.63) is 18.3 Å². The molecule has 5 heteroatoms. The first-order chi connectivity index (χ1) is 7.83. The van der Waals surface area contributed by atoms with Gasteiger partial charge in [0.2, 0.25) is 5.88 Å². The highest BCUT2D eigenvalue weighted by atomic mass is 16.5. The second-order valence-electron chi connectivity index (χ2n) is 3.09. The van der Waals surface area contributed by atoms with Gasteiger partial charge in [0.25, 0.3) is 5.91 Å². The predicted octanol–water partition coefficient (Wildman–Crippen LogP) is 1.92. The molecule has 0 bridgehead atoms. The van der Waals surface area contributed by atoms with Gasteiger partial charge in [-0.3, -0.25) is 4.79 Å². The molecule has 1 aliphatic rings. The fraction of sp³-hybridized carbons (Fsp3) is 0.273. The van der Waals surface area contributed by atoms with Gasteiger partial charge in [-0.2, -0.15) is 4.98 Å². The van der Waals surface area contributed by atoms with Crippen molar-refractivity contribution in [1.29, 1.82) is 0 Å². The summed E-state index contributed by atoms with van der Waals surface area (Å²) in [6.07, 6.45) is 1.80. The summed E-state index contributed by atoms with van der Waals surface area (Å²) in [5.41, 5.74) is 1.40. The number of pyridine rings is 1. The second-order valence-corrected chi connectivity index (χ2v) is 3.09. The van der Waals surface area contributed by atoms with E-state index in [4.69, 9.17) is 4.74 Å². The van der Waals surface area contributed by atoms with E-state index >= 15 is 0 Å². The summed E-state index contributed by atoms with van der Waals surface area (Å²) in [4.78, 5) is 18.2. The molecule has 84 valence electrons. The topological polar surface area (TPSA) is 67.0 Å². The zero-order valence-electron chi connectivity index (χ0n) is 9.20. The molecule has 0 radical (unpaired) electrons. The summed E-state index contributed by atoms with van der Waals surface area (Å²) in [6, 6.07) is 3.73. The molecular weight excluding hydrogens is 206 g/mol. The van der Waals surface area contributed by atoms with E-state index in [2.05, 4.69) is 15.3 Å². The van der Waals surface area contributed by atoms with Crippen molar-refractivity contribution in [3.8, 4) is 5.88 Å². The molecule has 2 aromatic heterocycles. The van der Waals surface area contributed by atoms with Crippen LogP contribution in [0, 0.1) is 0 Å². The monoisotopic (exact) mass is 219 g/mol. The molecule has 0 fully saturated rings. The lowest BCUT2D eigenvalue weighted by atomic mass is 10.3. The Bertz CT molecular complexity index is 519. The molecule has 0 spiro atoms.